The number of nitrogens with zero attached hydrogens (tertiary/aromatic N) is 1. The lowest BCUT2D eigenvalue weighted by molar-refractivity contribution is -0.251. The second-order valence-electron chi connectivity index (χ2n) is 3.23. The summed E-state index contributed by atoms with van der Waals surface area (Å²) in [5.41, 5.74) is -3.28. The van der Waals surface area contributed by atoms with Crippen LogP contribution in [0.3, 0.4) is 0 Å². The third-order valence-corrected chi connectivity index (χ3v) is 2.34. The highest BCUT2D eigenvalue weighted by molar-refractivity contribution is 5.37. The van der Waals surface area contributed by atoms with Gasteiger partial charge in [-0.3, -0.25) is 0 Å². The molecule has 1 atom stereocenters. The molecule has 0 saturated heterocycles. The van der Waals surface area contributed by atoms with Crippen molar-refractivity contribution >= 4 is 0 Å². The zero-order valence-electron chi connectivity index (χ0n) is 9.21. The number of ether oxygens (including phenoxy) is 2. The summed E-state index contributed by atoms with van der Waals surface area (Å²) in [6, 6.07) is 6.31. The van der Waals surface area contributed by atoms with Gasteiger partial charge >= 0.3 is 6.18 Å². The fraction of sp³-hybridized carbons (Fsp3) is 0.364. The highest BCUT2D eigenvalue weighted by Gasteiger charge is 2.58. The van der Waals surface area contributed by atoms with Gasteiger partial charge in [-0.25, -0.2) is 0 Å². The number of halogens is 3. The van der Waals surface area contributed by atoms with Crippen molar-refractivity contribution in [1.82, 2.24) is 0 Å². The Labute approximate surface area is 96.4 Å². The first-order chi connectivity index (χ1) is 7.91. The first-order valence-corrected chi connectivity index (χ1v) is 4.59. The standard InChI is InChI=1S/C11H10F3NO2/c1-16-9-5-3-4-8(6-9)10(7-15,17-2)11(12,13)14/h3-6H,1-2H3. The summed E-state index contributed by atoms with van der Waals surface area (Å²) in [5, 5.41) is 8.79. The SMILES string of the molecule is COc1cccc(C(C#N)(OC)C(F)(F)F)c1. The molecule has 0 bridgehead atoms. The Bertz CT molecular complexity index is 439. The Kier molecular flexibility index (Phi) is 3.63. The second kappa shape index (κ2) is 4.63. The van der Waals surface area contributed by atoms with Crippen LogP contribution in [0.25, 0.3) is 0 Å². The van der Waals surface area contributed by atoms with E-state index in [1.807, 2.05) is 0 Å². The van der Waals surface area contributed by atoms with Crippen LogP contribution in [0.2, 0.25) is 0 Å². The third-order valence-electron chi connectivity index (χ3n) is 2.34. The van der Waals surface area contributed by atoms with E-state index < -0.39 is 11.8 Å². The molecule has 0 spiro atoms. The largest absolute Gasteiger partial charge is 0.497 e. The van der Waals surface area contributed by atoms with Gasteiger partial charge in [0.05, 0.1) is 7.11 Å². The fourth-order valence-corrected chi connectivity index (χ4v) is 1.41. The maximum Gasteiger partial charge on any atom is 0.435 e. The van der Waals surface area contributed by atoms with Crippen LogP contribution in [0.1, 0.15) is 5.56 Å². The molecule has 0 aliphatic heterocycles. The van der Waals surface area contributed by atoms with Crippen LogP contribution < -0.4 is 4.74 Å². The predicted octanol–water partition coefficient (Wildman–Crippen LogP) is 2.62. The molecule has 0 saturated carbocycles. The molecule has 1 rings (SSSR count). The van der Waals surface area contributed by atoms with Gasteiger partial charge in [0.1, 0.15) is 11.8 Å². The molecule has 92 valence electrons. The van der Waals surface area contributed by atoms with Crippen molar-refractivity contribution < 1.29 is 22.6 Å². The van der Waals surface area contributed by atoms with Crippen LogP contribution in [0.5, 0.6) is 5.75 Å². The van der Waals surface area contributed by atoms with E-state index >= 15 is 0 Å². The van der Waals surface area contributed by atoms with Crippen LogP contribution in [-0.2, 0) is 10.3 Å². The average molecular weight is 245 g/mol. The minimum Gasteiger partial charge on any atom is -0.497 e. The van der Waals surface area contributed by atoms with Crippen LogP contribution in [-0.4, -0.2) is 20.4 Å². The lowest BCUT2D eigenvalue weighted by Gasteiger charge is -2.28. The average Bonchev–Trinajstić information content (AvgIpc) is 2.30. The van der Waals surface area contributed by atoms with E-state index in [-0.39, 0.29) is 11.3 Å². The van der Waals surface area contributed by atoms with Crippen molar-refractivity contribution in [2.24, 2.45) is 0 Å². The molecule has 6 heteroatoms. The molecule has 0 aliphatic rings. The van der Waals surface area contributed by atoms with Crippen LogP contribution in [0.4, 0.5) is 13.2 Å². The molecule has 1 aromatic rings. The van der Waals surface area contributed by atoms with Gasteiger partial charge in [-0.2, -0.15) is 18.4 Å². The highest BCUT2D eigenvalue weighted by atomic mass is 19.4. The van der Waals surface area contributed by atoms with E-state index in [2.05, 4.69) is 4.74 Å². The number of benzene rings is 1. The van der Waals surface area contributed by atoms with Crippen molar-refractivity contribution in [3.63, 3.8) is 0 Å². The molecule has 0 aliphatic carbocycles. The summed E-state index contributed by atoms with van der Waals surface area (Å²) in [6.07, 6.45) is -4.83. The molecule has 0 amide bonds. The molecule has 0 radical (unpaired) electrons. The quantitative estimate of drug-likeness (QED) is 0.822. The summed E-state index contributed by atoms with van der Waals surface area (Å²) in [6.45, 7) is 0. The molecule has 1 unspecified atom stereocenters. The van der Waals surface area contributed by atoms with Crippen molar-refractivity contribution in [1.29, 1.82) is 5.26 Å². The lowest BCUT2D eigenvalue weighted by atomic mass is 9.94. The van der Waals surface area contributed by atoms with Gasteiger partial charge in [-0.05, 0) is 12.1 Å². The molecule has 0 heterocycles. The lowest BCUT2D eigenvalue weighted by Crippen LogP contribution is -2.42. The number of nitriles is 1. The normalized spacial score (nSPS) is 14.8. The summed E-state index contributed by atoms with van der Waals surface area (Å²) in [4.78, 5) is 0. The predicted molar refractivity (Wildman–Crippen MR) is 53.3 cm³/mol. The Hall–Kier alpha value is -1.74. The van der Waals surface area contributed by atoms with E-state index in [0.29, 0.717) is 0 Å². The number of rotatable bonds is 3. The topological polar surface area (TPSA) is 42.2 Å². The van der Waals surface area contributed by atoms with Crippen LogP contribution >= 0.6 is 0 Å². The van der Waals surface area contributed by atoms with E-state index in [4.69, 9.17) is 10.00 Å². The van der Waals surface area contributed by atoms with Gasteiger partial charge in [0.15, 0.2) is 0 Å². The van der Waals surface area contributed by atoms with Gasteiger partial charge in [-0.15, -0.1) is 0 Å². The van der Waals surface area contributed by atoms with E-state index in [0.717, 1.165) is 13.2 Å². The second-order valence-corrected chi connectivity index (χ2v) is 3.23. The van der Waals surface area contributed by atoms with Crippen LogP contribution in [0, 0.1) is 11.3 Å². The van der Waals surface area contributed by atoms with Crippen molar-refractivity contribution in [2.45, 2.75) is 11.8 Å². The Morgan fingerprint density at radius 3 is 2.29 bits per heavy atom. The number of alkyl halides is 3. The number of methoxy groups -OCH3 is 2. The molecule has 0 aromatic heterocycles. The molecule has 3 nitrogen and oxygen atoms in total. The summed E-state index contributed by atoms with van der Waals surface area (Å²) in [5.74, 6) is 0.225. The highest BCUT2D eigenvalue weighted by Crippen LogP contribution is 2.42. The molecule has 17 heavy (non-hydrogen) atoms. The first kappa shape index (κ1) is 13.3. The van der Waals surface area contributed by atoms with Crippen molar-refractivity contribution in [3.8, 4) is 11.8 Å². The van der Waals surface area contributed by atoms with Crippen LogP contribution in [0.15, 0.2) is 24.3 Å². The van der Waals surface area contributed by atoms with Gasteiger partial charge in [0.25, 0.3) is 5.60 Å². The third kappa shape index (κ3) is 2.19. The van der Waals surface area contributed by atoms with Crippen molar-refractivity contribution in [2.75, 3.05) is 14.2 Å². The monoisotopic (exact) mass is 245 g/mol. The molecule has 0 fully saturated rings. The smallest absolute Gasteiger partial charge is 0.435 e. The van der Waals surface area contributed by atoms with Gasteiger partial charge in [0, 0.05) is 12.7 Å². The molecule has 1 aromatic carbocycles. The maximum absolute atomic E-state index is 12.9. The number of hydrogen-bond acceptors (Lipinski definition) is 3. The molecular formula is C11H10F3NO2. The summed E-state index contributed by atoms with van der Waals surface area (Å²) >= 11 is 0. The van der Waals surface area contributed by atoms with Gasteiger partial charge < -0.3 is 9.47 Å². The van der Waals surface area contributed by atoms with E-state index in [1.165, 1.54) is 31.4 Å². The Morgan fingerprint density at radius 1 is 1.24 bits per heavy atom. The minimum atomic E-state index is -4.83. The van der Waals surface area contributed by atoms with Gasteiger partial charge in [-0.1, -0.05) is 12.1 Å². The number of hydrogen-bond donors (Lipinski definition) is 0. The summed E-state index contributed by atoms with van der Waals surface area (Å²) < 4.78 is 47.9. The zero-order chi connectivity index (χ0) is 13.1. The van der Waals surface area contributed by atoms with Crippen molar-refractivity contribution in [3.05, 3.63) is 29.8 Å². The van der Waals surface area contributed by atoms with E-state index in [9.17, 15) is 13.2 Å². The first-order valence-electron chi connectivity index (χ1n) is 4.59. The molecule has 0 N–H and O–H groups in total. The van der Waals surface area contributed by atoms with E-state index in [1.54, 1.807) is 0 Å². The van der Waals surface area contributed by atoms with Gasteiger partial charge in [0.2, 0.25) is 0 Å². The Morgan fingerprint density at radius 2 is 1.88 bits per heavy atom. The zero-order valence-corrected chi connectivity index (χ0v) is 9.21. The Balaban J connectivity index is 3.38. The summed E-state index contributed by atoms with van der Waals surface area (Å²) in [7, 11) is 2.17. The molecular weight excluding hydrogens is 235 g/mol. The fourth-order valence-electron chi connectivity index (χ4n) is 1.41. The minimum absolute atomic E-state index is 0.225. The maximum atomic E-state index is 12.9.